The molecular formula is C19H39NO3. The second-order valence-corrected chi connectivity index (χ2v) is 7.02. The van der Waals surface area contributed by atoms with Crippen LogP contribution in [-0.4, -0.2) is 23.7 Å². The summed E-state index contributed by atoms with van der Waals surface area (Å²) in [6.07, 6.45) is 12.2. The Morgan fingerprint density at radius 3 is 2.35 bits per heavy atom. The molecule has 0 spiro atoms. The first-order valence-corrected chi connectivity index (χ1v) is 9.66. The number of carbonyl (C=O) groups excluding carboxylic acids is 1. The van der Waals surface area contributed by atoms with Crippen molar-refractivity contribution in [2.75, 3.05) is 6.54 Å². The maximum atomic E-state index is 11.5. The molecule has 0 aromatic heterocycles. The molecule has 0 heterocycles. The molecule has 138 valence electrons. The van der Waals surface area contributed by atoms with Gasteiger partial charge in [-0.1, -0.05) is 65.7 Å². The van der Waals surface area contributed by atoms with Crippen LogP contribution in [0.5, 0.6) is 0 Å². The van der Waals surface area contributed by atoms with E-state index in [2.05, 4.69) is 26.3 Å². The van der Waals surface area contributed by atoms with Gasteiger partial charge >= 0.3 is 5.97 Å². The van der Waals surface area contributed by atoms with Gasteiger partial charge in [0.2, 0.25) is 0 Å². The molecule has 4 nitrogen and oxygen atoms in total. The lowest BCUT2D eigenvalue weighted by Crippen LogP contribution is -2.20. The van der Waals surface area contributed by atoms with Gasteiger partial charge in [0, 0.05) is 13.0 Å². The minimum atomic E-state index is -0.146. The molecule has 2 N–H and O–H groups in total. The van der Waals surface area contributed by atoms with E-state index < -0.39 is 0 Å². The number of unbranched alkanes of at least 4 members (excludes halogenated alkanes) is 7. The van der Waals surface area contributed by atoms with Crippen molar-refractivity contribution in [3.8, 4) is 0 Å². The zero-order chi connectivity index (χ0) is 17.3. The average molecular weight is 330 g/mol. The van der Waals surface area contributed by atoms with E-state index in [-0.39, 0.29) is 12.1 Å². The van der Waals surface area contributed by atoms with Crippen molar-refractivity contribution in [3.63, 3.8) is 0 Å². The summed E-state index contributed by atoms with van der Waals surface area (Å²) in [4.78, 5) is 16.5. The Labute approximate surface area is 143 Å². The Hall–Kier alpha value is -0.610. The molecule has 0 aromatic rings. The number of aliphatic hydroxyl groups excluding tert-OH is 1. The van der Waals surface area contributed by atoms with Crippen LogP contribution in [0.4, 0.5) is 0 Å². The average Bonchev–Trinajstić information content (AvgIpc) is 2.49. The number of nitrogens with one attached hydrogen (secondary N) is 1. The highest BCUT2D eigenvalue weighted by molar-refractivity contribution is 5.68. The van der Waals surface area contributed by atoms with Gasteiger partial charge in [-0.2, -0.15) is 5.48 Å². The third-order valence-electron chi connectivity index (χ3n) is 3.98. The monoisotopic (exact) mass is 329 g/mol. The first kappa shape index (κ1) is 22.4. The van der Waals surface area contributed by atoms with Gasteiger partial charge in [-0.15, -0.1) is 0 Å². The van der Waals surface area contributed by atoms with E-state index in [0.29, 0.717) is 12.3 Å². The van der Waals surface area contributed by atoms with Crippen LogP contribution in [0.15, 0.2) is 0 Å². The Morgan fingerprint density at radius 1 is 1.00 bits per heavy atom. The molecule has 0 aliphatic heterocycles. The molecule has 0 radical (unpaired) electrons. The third-order valence-corrected chi connectivity index (χ3v) is 3.98. The lowest BCUT2D eigenvalue weighted by Gasteiger charge is -2.12. The van der Waals surface area contributed by atoms with E-state index in [1.54, 1.807) is 0 Å². The Kier molecular flexibility index (Phi) is 15.8. The first-order chi connectivity index (χ1) is 11.1. The molecule has 0 aliphatic rings. The van der Waals surface area contributed by atoms with E-state index in [9.17, 15) is 9.90 Å². The van der Waals surface area contributed by atoms with Crippen molar-refractivity contribution in [2.45, 2.75) is 104 Å². The van der Waals surface area contributed by atoms with Crippen molar-refractivity contribution in [1.29, 1.82) is 0 Å². The number of hydrogen-bond acceptors (Lipinski definition) is 4. The van der Waals surface area contributed by atoms with Gasteiger partial charge in [0.15, 0.2) is 0 Å². The summed E-state index contributed by atoms with van der Waals surface area (Å²) in [7, 11) is 0. The van der Waals surface area contributed by atoms with E-state index in [4.69, 9.17) is 4.84 Å². The predicted octanol–water partition coefficient (Wildman–Crippen LogP) is 4.75. The van der Waals surface area contributed by atoms with E-state index in [1.165, 1.54) is 19.3 Å². The minimum absolute atomic E-state index is 0.145. The fourth-order valence-electron chi connectivity index (χ4n) is 2.65. The fraction of sp³-hybridized carbons (Fsp3) is 0.947. The molecule has 0 aliphatic carbocycles. The van der Waals surface area contributed by atoms with Crippen LogP contribution in [0.2, 0.25) is 0 Å². The smallest absolute Gasteiger partial charge is 0.324 e. The van der Waals surface area contributed by atoms with Gasteiger partial charge in [0.25, 0.3) is 0 Å². The molecule has 0 rings (SSSR count). The van der Waals surface area contributed by atoms with Gasteiger partial charge in [-0.05, 0) is 31.6 Å². The summed E-state index contributed by atoms with van der Waals surface area (Å²) in [5.41, 5.74) is 2.76. The summed E-state index contributed by atoms with van der Waals surface area (Å²) < 4.78 is 0. The van der Waals surface area contributed by atoms with Crippen molar-refractivity contribution in [1.82, 2.24) is 5.48 Å². The third kappa shape index (κ3) is 17.6. The summed E-state index contributed by atoms with van der Waals surface area (Å²) in [6.45, 7) is 7.22. The van der Waals surface area contributed by atoms with E-state index in [1.807, 2.05) is 0 Å². The molecule has 1 unspecified atom stereocenters. The quantitative estimate of drug-likeness (QED) is 0.317. The molecule has 0 aromatic carbocycles. The minimum Gasteiger partial charge on any atom is -0.393 e. The van der Waals surface area contributed by atoms with Crippen LogP contribution < -0.4 is 5.48 Å². The second kappa shape index (κ2) is 16.3. The largest absolute Gasteiger partial charge is 0.393 e. The van der Waals surface area contributed by atoms with Gasteiger partial charge in [0.1, 0.15) is 0 Å². The maximum absolute atomic E-state index is 11.5. The standard InChI is InChI=1S/C19H39NO3/c1-4-5-6-12-15-20-23-19(22)14-11-9-7-8-10-13-18(21)16-17(2)3/h17-18,20-21H,4-16H2,1-3H3. The molecule has 0 fully saturated rings. The van der Waals surface area contributed by atoms with Gasteiger partial charge in [-0.25, -0.2) is 0 Å². The van der Waals surface area contributed by atoms with Gasteiger partial charge in [-0.3, -0.25) is 4.79 Å². The Morgan fingerprint density at radius 2 is 1.65 bits per heavy atom. The van der Waals surface area contributed by atoms with Crippen LogP contribution in [0.1, 0.15) is 97.8 Å². The predicted molar refractivity (Wildman–Crippen MR) is 96.0 cm³/mol. The Balaban J connectivity index is 3.26. The molecule has 4 heteroatoms. The molecular weight excluding hydrogens is 290 g/mol. The number of hydroxylamine groups is 1. The van der Waals surface area contributed by atoms with Crippen molar-refractivity contribution in [2.24, 2.45) is 5.92 Å². The number of rotatable bonds is 16. The Bertz CT molecular complexity index is 269. The number of aliphatic hydroxyl groups is 1. The summed E-state index contributed by atoms with van der Waals surface area (Å²) in [5.74, 6) is 0.420. The summed E-state index contributed by atoms with van der Waals surface area (Å²) in [6, 6.07) is 0. The zero-order valence-corrected chi connectivity index (χ0v) is 15.6. The number of carbonyl (C=O) groups is 1. The van der Waals surface area contributed by atoms with Crippen LogP contribution in [0, 0.1) is 5.92 Å². The lowest BCUT2D eigenvalue weighted by atomic mass is 10.0. The molecule has 0 amide bonds. The van der Waals surface area contributed by atoms with Crippen LogP contribution in [0.3, 0.4) is 0 Å². The van der Waals surface area contributed by atoms with Crippen LogP contribution >= 0.6 is 0 Å². The molecule has 23 heavy (non-hydrogen) atoms. The first-order valence-electron chi connectivity index (χ1n) is 9.66. The van der Waals surface area contributed by atoms with E-state index >= 15 is 0 Å². The lowest BCUT2D eigenvalue weighted by molar-refractivity contribution is -0.151. The van der Waals surface area contributed by atoms with Gasteiger partial charge < -0.3 is 9.94 Å². The summed E-state index contributed by atoms with van der Waals surface area (Å²) >= 11 is 0. The molecule has 0 saturated carbocycles. The van der Waals surface area contributed by atoms with Crippen molar-refractivity contribution in [3.05, 3.63) is 0 Å². The van der Waals surface area contributed by atoms with Gasteiger partial charge in [0.05, 0.1) is 6.10 Å². The maximum Gasteiger partial charge on any atom is 0.324 e. The molecule has 0 saturated heterocycles. The van der Waals surface area contributed by atoms with Crippen LogP contribution in [-0.2, 0) is 9.63 Å². The molecule has 0 bridgehead atoms. The molecule has 1 atom stereocenters. The highest BCUT2D eigenvalue weighted by Gasteiger charge is 2.06. The van der Waals surface area contributed by atoms with Crippen LogP contribution in [0.25, 0.3) is 0 Å². The normalized spacial score (nSPS) is 12.6. The van der Waals surface area contributed by atoms with E-state index in [0.717, 1.165) is 57.9 Å². The number of hydrogen-bond donors (Lipinski definition) is 2. The van der Waals surface area contributed by atoms with Crippen molar-refractivity contribution >= 4 is 5.97 Å². The highest BCUT2D eigenvalue weighted by atomic mass is 16.7. The highest BCUT2D eigenvalue weighted by Crippen LogP contribution is 2.13. The SMILES string of the molecule is CCCCCCNOC(=O)CCCCCCCC(O)CC(C)C. The summed E-state index contributed by atoms with van der Waals surface area (Å²) in [5, 5.41) is 9.78. The fourth-order valence-corrected chi connectivity index (χ4v) is 2.65. The second-order valence-electron chi connectivity index (χ2n) is 7.02. The topological polar surface area (TPSA) is 58.6 Å². The van der Waals surface area contributed by atoms with Crippen molar-refractivity contribution < 1.29 is 14.7 Å². The zero-order valence-electron chi connectivity index (χ0n) is 15.6.